The summed E-state index contributed by atoms with van der Waals surface area (Å²) >= 11 is 1.67. The van der Waals surface area contributed by atoms with Crippen molar-refractivity contribution in [3.63, 3.8) is 0 Å². The lowest BCUT2D eigenvalue weighted by molar-refractivity contribution is 0.543. The minimum atomic E-state index is -2.80. The molecule has 1 aliphatic rings. The van der Waals surface area contributed by atoms with Gasteiger partial charge in [-0.25, -0.2) is 13.4 Å². The van der Waals surface area contributed by atoms with Gasteiger partial charge in [-0.15, -0.1) is 11.3 Å². The molecule has 0 amide bonds. The second-order valence-electron chi connectivity index (χ2n) is 5.87. The molecule has 0 radical (unpaired) electrons. The van der Waals surface area contributed by atoms with Crippen LogP contribution in [-0.2, 0) is 21.8 Å². The first-order valence-electron chi connectivity index (χ1n) is 6.15. The molecule has 1 atom stereocenters. The molecule has 2 rings (SSSR count). The fraction of sp³-hybridized carbons (Fsp3) is 0.750. The Morgan fingerprint density at radius 1 is 1.50 bits per heavy atom. The first-order valence-corrected chi connectivity index (χ1v) is 8.85. The molecule has 1 fully saturated rings. The lowest BCUT2D eigenvalue weighted by Crippen LogP contribution is -2.29. The van der Waals surface area contributed by atoms with Gasteiger partial charge in [0.2, 0.25) is 0 Å². The van der Waals surface area contributed by atoms with Crippen LogP contribution in [0.1, 0.15) is 37.9 Å². The quantitative estimate of drug-likeness (QED) is 0.920. The predicted octanol–water partition coefficient (Wildman–Crippen LogP) is 1.72. The summed E-state index contributed by atoms with van der Waals surface area (Å²) in [6.45, 7) is 7.10. The molecule has 1 aliphatic heterocycles. The van der Waals surface area contributed by atoms with E-state index in [1.54, 1.807) is 11.3 Å². The normalized spacial score (nSPS) is 23.4. The zero-order valence-corrected chi connectivity index (χ0v) is 12.7. The van der Waals surface area contributed by atoms with Crippen molar-refractivity contribution < 1.29 is 8.42 Å². The summed E-state index contributed by atoms with van der Waals surface area (Å²) in [4.78, 5) is 4.59. The molecule has 0 unspecified atom stereocenters. The number of hydrogen-bond acceptors (Lipinski definition) is 5. The van der Waals surface area contributed by atoms with E-state index in [4.69, 9.17) is 0 Å². The smallest absolute Gasteiger partial charge is 0.151 e. The monoisotopic (exact) mass is 288 g/mol. The van der Waals surface area contributed by atoms with E-state index in [1.807, 2.05) is 0 Å². The Labute approximate surface area is 113 Å². The van der Waals surface area contributed by atoms with Crippen molar-refractivity contribution in [1.29, 1.82) is 0 Å². The summed E-state index contributed by atoms with van der Waals surface area (Å²) in [7, 11) is -2.80. The summed E-state index contributed by atoms with van der Waals surface area (Å²) in [6, 6.07) is 0.0924. The second-order valence-corrected chi connectivity index (χ2v) is 8.96. The van der Waals surface area contributed by atoms with Gasteiger partial charge in [0.15, 0.2) is 9.84 Å². The van der Waals surface area contributed by atoms with Gasteiger partial charge in [-0.2, -0.15) is 0 Å². The van der Waals surface area contributed by atoms with Crippen molar-refractivity contribution in [3.8, 4) is 0 Å². The molecule has 0 aromatic carbocycles. The topological polar surface area (TPSA) is 59.1 Å². The van der Waals surface area contributed by atoms with Gasteiger partial charge < -0.3 is 5.32 Å². The third-order valence-electron chi connectivity index (χ3n) is 3.00. The molecule has 18 heavy (non-hydrogen) atoms. The third kappa shape index (κ3) is 3.52. The third-order valence-corrected chi connectivity index (χ3v) is 6.08. The van der Waals surface area contributed by atoms with Gasteiger partial charge in [-0.3, -0.25) is 0 Å². The molecule has 0 aliphatic carbocycles. The Bertz CT molecular complexity index is 514. The maximum Gasteiger partial charge on any atom is 0.151 e. The summed E-state index contributed by atoms with van der Waals surface area (Å²) in [6.07, 6.45) is 0.721. The maximum absolute atomic E-state index is 11.3. The number of rotatable bonds is 3. The van der Waals surface area contributed by atoms with Crippen LogP contribution in [0.15, 0.2) is 5.38 Å². The first kappa shape index (κ1) is 14.0. The van der Waals surface area contributed by atoms with Crippen molar-refractivity contribution in [2.75, 3.05) is 11.5 Å². The van der Waals surface area contributed by atoms with Crippen molar-refractivity contribution in [2.45, 2.75) is 45.2 Å². The van der Waals surface area contributed by atoms with Crippen LogP contribution in [0.2, 0.25) is 0 Å². The molecule has 0 bridgehead atoms. The lowest BCUT2D eigenvalue weighted by Gasteiger charge is -2.13. The Balaban J connectivity index is 1.90. The minimum Gasteiger partial charge on any atom is -0.307 e. The van der Waals surface area contributed by atoms with Gasteiger partial charge in [0, 0.05) is 23.4 Å². The van der Waals surface area contributed by atoms with Crippen molar-refractivity contribution in [2.24, 2.45) is 0 Å². The van der Waals surface area contributed by atoms with Crippen LogP contribution >= 0.6 is 11.3 Å². The Morgan fingerprint density at radius 3 is 2.72 bits per heavy atom. The Morgan fingerprint density at radius 2 is 2.22 bits per heavy atom. The average molecular weight is 288 g/mol. The number of nitrogens with zero attached hydrogens (tertiary/aromatic N) is 1. The van der Waals surface area contributed by atoms with Crippen molar-refractivity contribution in [1.82, 2.24) is 10.3 Å². The fourth-order valence-electron chi connectivity index (χ4n) is 1.94. The molecule has 1 N–H and O–H groups in total. The number of hydrogen-bond donors (Lipinski definition) is 1. The maximum atomic E-state index is 11.3. The van der Waals surface area contributed by atoms with Crippen LogP contribution in [-0.4, -0.2) is 30.9 Å². The molecule has 102 valence electrons. The van der Waals surface area contributed by atoms with Crippen LogP contribution < -0.4 is 5.32 Å². The molecular formula is C12H20N2O2S2. The van der Waals surface area contributed by atoms with Crippen LogP contribution in [0.3, 0.4) is 0 Å². The van der Waals surface area contributed by atoms with E-state index in [0.717, 1.165) is 17.1 Å². The highest BCUT2D eigenvalue weighted by atomic mass is 32.2. The van der Waals surface area contributed by atoms with E-state index >= 15 is 0 Å². The second kappa shape index (κ2) is 4.90. The van der Waals surface area contributed by atoms with E-state index in [-0.39, 0.29) is 17.2 Å². The zero-order valence-electron chi connectivity index (χ0n) is 11.1. The zero-order chi connectivity index (χ0) is 13.4. The van der Waals surface area contributed by atoms with Crippen LogP contribution in [0.25, 0.3) is 0 Å². The van der Waals surface area contributed by atoms with Crippen LogP contribution in [0.5, 0.6) is 0 Å². The van der Waals surface area contributed by atoms with Gasteiger partial charge in [0.05, 0.1) is 22.2 Å². The minimum absolute atomic E-state index is 0.0830. The highest BCUT2D eigenvalue weighted by Crippen LogP contribution is 2.25. The summed E-state index contributed by atoms with van der Waals surface area (Å²) in [5.41, 5.74) is 1.09. The molecule has 1 saturated heterocycles. The van der Waals surface area contributed by atoms with Crippen molar-refractivity contribution >= 4 is 21.2 Å². The molecule has 4 nitrogen and oxygen atoms in total. The SMILES string of the molecule is CC(C)(C)c1nc(CN[C@@H]2CCS(=O)(=O)C2)cs1. The summed E-state index contributed by atoms with van der Waals surface area (Å²) in [5.74, 6) is 0.582. The lowest BCUT2D eigenvalue weighted by atomic mass is 9.98. The summed E-state index contributed by atoms with van der Waals surface area (Å²) in [5, 5.41) is 6.46. The van der Waals surface area contributed by atoms with E-state index in [1.165, 1.54) is 0 Å². The summed E-state index contributed by atoms with van der Waals surface area (Å²) < 4.78 is 22.7. The van der Waals surface area contributed by atoms with Gasteiger partial charge in [-0.1, -0.05) is 20.8 Å². The van der Waals surface area contributed by atoms with Gasteiger partial charge in [-0.05, 0) is 6.42 Å². The number of thiazole rings is 1. The highest BCUT2D eigenvalue weighted by molar-refractivity contribution is 7.91. The molecule has 6 heteroatoms. The number of nitrogens with one attached hydrogen (secondary N) is 1. The largest absolute Gasteiger partial charge is 0.307 e. The Hall–Kier alpha value is -0.460. The standard InChI is InChI=1S/C12H20N2O2S2/c1-12(2,3)11-14-10(7-17-11)6-13-9-4-5-18(15,16)8-9/h7,9,13H,4-6,8H2,1-3H3/t9-/m1/s1. The molecule has 0 spiro atoms. The van der Waals surface area contributed by atoms with E-state index in [2.05, 4.69) is 36.5 Å². The molecular weight excluding hydrogens is 268 g/mol. The Kier molecular flexibility index (Phi) is 3.80. The molecule has 0 saturated carbocycles. The average Bonchev–Trinajstić information content (AvgIpc) is 2.80. The highest BCUT2D eigenvalue weighted by Gasteiger charge is 2.27. The predicted molar refractivity (Wildman–Crippen MR) is 74.7 cm³/mol. The molecule has 1 aromatic rings. The van der Waals surface area contributed by atoms with Crippen molar-refractivity contribution in [3.05, 3.63) is 16.1 Å². The number of sulfone groups is 1. The van der Waals surface area contributed by atoms with Gasteiger partial charge >= 0.3 is 0 Å². The molecule has 2 heterocycles. The van der Waals surface area contributed by atoms with E-state index in [0.29, 0.717) is 12.3 Å². The molecule has 1 aromatic heterocycles. The van der Waals surface area contributed by atoms with Crippen LogP contribution in [0, 0.1) is 0 Å². The van der Waals surface area contributed by atoms with Gasteiger partial charge in [0.25, 0.3) is 0 Å². The van der Waals surface area contributed by atoms with E-state index < -0.39 is 9.84 Å². The number of aromatic nitrogens is 1. The van der Waals surface area contributed by atoms with E-state index in [9.17, 15) is 8.42 Å². The fourth-order valence-corrected chi connectivity index (χ4v) is 4.55. The van der Waals surface area contributed by atoms with Crippen LogP contribution in [0.4, 0.5) is 0 Å². The van der Waals surface area contributed by atoms with Gasteiger partial charge in [0.1, 0.15) is 0 Å². The first-order chi connectivity index (χ1) is 8.26.